The van der Waals surface area contributed by atoms with Gasteiger partial charge in [-0.2, -0.15) is 0 Å². The first-order valence-electron chi connectivity index (χ1n) is 5.32. The highest BCUT2D eigenvalue weighted by Gasteiger charge is 2.18. The van der Waals surface area contributed by atoms with E-state index in [-0.39, 0.29) is 0 Å². The van der Waals surface area contributed by atoms with E-state index in [2.05, 4.69) is 46.2 Å². The van der Waals surface area contributed by atoms with Gasteiger partial charge in [0.15, 0.2) is 0 Å². The van der Waals surface area contributed by atoms with Gasteiger partial charge >= 0.3 is 0 Å². The zero-order chi connectivity index (χ0) is 10.8. The van der Waals surface area contributed by atoms with E-state index in [1.165, 1.54) is 33.7 Å². The summed E-state index contributed by atoms with van der Waals surface area (Å²) >= 11 is 5.43. The Kier molecular flexibility index (Phi) is 3.83. The SMILES string of the molecule is Cc1sc(CNC2CCN(C)C2)cc1Br. The zero-order valence-electron chi connectivity index (χ0n) is 9.22. The van der Waals surface area contributed by atoms with E-state index in [0.717, 1.165) is 6.54 Å². The number of rotatable bonds is 3. The summed E-state index contributed by atoms with van der Waals surface area (Å²) in [5, 5.41) is 3.62. The lowest BCUT2D eigenvalue weighted by Gasteiger charge is -2.11. The maximum absolute atomic E-state index is 3.62. The van der Waals surface area contributed by atoms with Crippen LogP contribution in [-0.4, -0.2) is 31.1 Å². The van der Waals surface area contributed by atoms with Crippen LogP contribution in [-0.2, 0) is 6.54 Å². The second-order valence-corrected chi connectivity index (χ2v) is 6.44. The summed E-state index contributed by atoms with van der Waals surface area (Å²) in [7, 11) is 2.19. The number of nitrogens with one attached hydrogen (secondary N) is 1. The van der Waals surface area contributed by atoms with Gasteiger partial charge in [-0.05, 0) is 48.9 Å². The largest absolute Gasteiger partial charge is 0.308 e. The Balaban J connectivity index is 1.83. The van der Waals surface area contributed by atoms with Crippen molar-refractivity contribution in [3.05, 3.63) is 20.3 Å². The van der Waals surface area contributed by atoms with Crippen LogP contribution in [0.15, 0.2) is 10.5 Å². The monoisotopic (exact) mass is 288 g/mol. The summed E-state index contributed by atoms with van der Waals surface area (Å²) in [5.41, 5.74) is 0. The minimum absolute atomic E-state index is 0.677. The molecule has 2 rings (SSSR count). The van der Waals surface area contributed by atoms with E-state index in [0.29, 0.717) is 6.04 Å². The molecule has 0 spiro atoms. The quantitative estimate of drug-likeness (QED) is 0.920. The van der Waals surface area contributed by atoms with Gasteiger partial charge in [-0.15, -0.1) is 11.3 Å². The van der Waals surface area contributed by atoms with Crippen molar-refractivity contribution < 1.29 is 0 Å². The zero-order valence-corrected chi connectivity index (χ0v) is 11.6. The molecule has 0 saturated carbocycles. The predicted octanol–water partition coefficient (Wildman–Crippen LogP) is 2.61. The maximum Gasteiger partial charge on any atom is 0.0314 e. The Morgan fingerprint density at radius 3 is 3.00 bits per heavy atom. The normalized spacial score (nSPS) is 22.5. The first kappa shape index (κ1) is 11.6. The number of aryl methyl sites for hydroxylation is 1. The van der Waals surface area contributed by atoms with Crippen molar-refractivity contribution in [2.75, 3.05) is 20.1 Å². The van der Waals surface area contributed by atoms with Gasteiger partial charge in [-0.3, -0.25) is 0 Å². The van der Waals surface area contributed by atoms with E-state index in [9.17, 15) is 0 Å². The second kappa shape index (κ2) is 4.95. The van der Waals surface area contributed by atoms with E-state index < -0.39 is 0 Å². The molecule has 1 aliphatic heterocycles. The van der Waals surface area contributed by atoms with Gasteiger partial charge in [0, 0.05) is 33.4 Å². The van der Waals surface area contributed by atoms with Crippen molar-refractivity contribution in [3.63, 3.8) is 0 Å². The highest BCUT2D eigenvalue weighted by Crippen LogP contribution is 2.26. The lowest BCUT2D eigenvalue weighted by atomic mass is 10.2. The molecule has 1 fully saturated rings. The smallest absolute Gasteiger partial charge is 0.0314 e. The summed E-state index contributed by atoms with van der Waals surface area (Å²) in [5.74, 6) is 0. The predicted molar refractivity (Wildman–Crippen MR) is 69.5 cm³/mol. The van der Waals surface area contributed by atoms with Crippen molar-refractivity contribution in [2.45, 2.75) is 25.9 Å². The molecule has 0 radical (unpaired) electrons. The molecule has 1 aromatic rings. The van der Waals surface area contributed by atoms with Crippen LogP contribution in [0.1, 0.15) is 16.2 Å². The van der Waals surface area contributed by atoms with E-state index in [4.69, 9.17) is 0 Å². The van der Waals surface area contributed by atoms with Crippen LogP contribution in [0.2, 0.25) is 0 Å². The molecule has 0 aliphatic carbocycles. The first-order valence-corrected chi connectivity index (χ1v) is 6.93. The molecule has 0 aromatic carbocycles. The third kappa shape index (κ3) is 3.03. The lowest BCUT2D eigenvalue weighted by molar-refractivity contribution is 0.398. The van der Waals surface area contributed by atoms with Crippen LogP contribution >= 0.6 is 27.3 Å². The maximum atomic E-state index is 3.62. The minimum atomic E-state index is 0.677. The summed E-state index contributed by atoms with van der Waals surface area (Å²) in [6, 6.07) is 2.90. The molecular weight excluding hydrogens is 272 g/mol. The van der Waals surface area contributed by atoms with Gasteiger partial charge in [0.05, 0.1) is 0 Å². The first-order chi connectivity index (χ1) is 7.15. The van der Waals surface area contributed by atoms with Crippen LogP contribution in [0.3, 0.4) is 0 Å². The third-order valence-electron chi connectivity index (χ3n) is 2.86. The van der Waals surface area contributed by atoms with Gasteiger partial charge in [0.2, 0.25) is 0 Å². The minimum Gasteiger partial charge on any atom is -0.308 e. The molecule has 1 aliphatic rings. The van der Waals surface area contributed by atoms with Crippen molar-refractivity contribution >= 4 is 27.3 Å². The number of hydrogen-bond donors (Lipinski definition) is 1. The summed E-state index contributed by atoms with van der Waals surface area (Å²) < 4.78 is 1.24. The van der Waals surface area contributed by atoms with E-state index in [1.807, 2.05) is 11.3 Å². The van der Waals surface area contributed by atoms with E-state index in [1.54, 1.807) is 0 Å². The highest BCUT2D eigenvalue weighted by molar-refractivity contribution is 9.10. The highest BCUT2D eigenvalue weighted by atomic mass is 79.9. The summed E-state index contributed by atoms with van der Waals surface area (Å²) in [6.45, 7) is 5.58. The average molecular weight is 289 g/mol. The van der Waals surface area contributed by atoms with Gasteiger partial charge in [-0.25, -0.2) is 0 Å². The molecule has 2 nitrogen and oxygen atoms in total. The molecule has 1 atom stereocenters. The van der Waals surface area contributed by atoms with E-state index >= 15 is 0 Å². The fraction of sp³-hybridized carbons (Fsp3) is 0.636. The Morgan fingerprint density at radius 2 is 2.47 bits per heavy atom. The molecule has 0 amide bonds. The Hall–Kier alpha value is 0.100. The molecule has 1 N–H and O–H groups in total. The number of hydrogen-bond acceptors (Lipinski definition) is 3. The van der Waals surface area contributed by atoms with Crippen LogP contribution in [0, 0.1) is 6.92 Å². The molecule has 84 valence electrons. The number of likely N-dealkylation sites (tertiary alicyclic amines) is 1. The van der Waals surface area contributed by atoms with Gasteiger partial charge in [0.25, 0.3) is 0 Å². The number of likely N-dealkylation sites (N-methyl/N-ethyl adjacent to an activating group) is 1. The van der Waals surface area contributed by atoms with Crippen molar-refractivity contribution in [3.8, 4) is 0 Å². The molecule has 1 unspecified atom stereocenters. The van der Waals surface area contributed by atoms with Crippen LogP contribution in [0.4, 0.5) is 0 Å². The Morgan fingerprint density at radius 1 is 1.67 bits per heavy atom. The Bertz CT molecular complexity index is 318. The molecule has 15 heavy (non-hydrogen) atoms. The summed E-state index contributed by atoms with van der Waals surface area (Å²) in [6.07, 6.45) is 1.28. The topological polar surface area (TPSA) is 15.3 Å². The van der Waals surface area contributed by atoms with Crippen LogP contribution in [0.25, 0.3) is 0 Å². The molecule has 2 heterocycles. The van der Waals surface area contributed by atoms with Gasteiger partial charge in [0.1, 0.15) is 0 Å². The average Bonchev–Trinajstić information content (AvgIpc) is 2.72. The van der Waals surface area contributed by atoms with Crippen molar-refractivity contribution in [1.82, 2.24) is 10.2 Å². The van der Waals surface area contributed by atoms with Crippen LogP contribution < -0.4 is 5.32 Å². The number of halogens is 1. The fourth-order valence-electron chi connectivity index (χ4n) is 1.95. The van der Waals surface area contributed by atoms with Crippen molar-refractivity contribution in [1.29, 1.82) is 0 Å². The third-order valence-corrected chi connectivity index (χ3v) is 5.00. The van der Waals surface area contributed by atoms with Gasteiger partial charge < -0.3 is 10.2 Å². The molecule has 0 bridgehead atoms. The molecular formula is C11H17BrN2S. The molecule has 1 aromatic heterocycles. The number of nitrogens with zero attached hydrogens (tertiary/aromatic N) is 1. The second-order valence-electron chi connectivity index (χ2n) is 4.25. The van der Waals surface area contributed by atoms with Crippen molar-refractivity contribution in [2.24, 2.45) is 0 Å². The lowest BCUT2D eigenvalue weighted by Crippen LogP contribution is -2.30. The fourth-order valence-corrected chi connectivity index (χ4v) is 3.50. The van der Waals surface area contributed by atoms with Crippen LogP contribution in [0.5, 0.6) is 0 Å². The summed E-state index contributed by atoms with van der Waals surface area (Å²) in [4.78, 5) is 5.18. The molecule has 4 heteroatoms. The Labute approximate surface area is 104 Å². The standard InChI is InChI=1S/C11H17BrN2S/c1-8-11(12)5-10(15-8)6-13-9-3-4-14(2)7-9/h5,9,13H,3-4,6-7H2,1-2H3. The van der Waals surface area contributed by atoms with Gasteiger partial charge in [-0.1, -0.05) is 0 Å². The number of thiophene rings is 1. The molecule has 1 saturated heterocycles.